The number of hydrogen-bond acceptors (Lipinski definition) is 4. The lowest BCUT2D eigenvalue weighted by Gasteiger charge is -2.37. The maximum Gasteiger partial charge on any atom is 0.415 e. The van der Waals surface area contributed by atoms with Gasteiger partial charge in [0.05, 0.1) is 7.11 Å². The van der Waals surface area contributed by atoms with Crippen LogP contribution in [0.2, 0.25) is 0 Å². The van der Waals surface area contributed by atoms with Crippen LogP contribution in [0.5, 0.6) is 5.75 Å². The molecule has 2 rings (SSSR count). The number of hydrogen-bond donors (Lipinski definition) is 1. The van der Waals surface area contributed by atoms with Gasteiger partial charge in [-0.15, -0.1) is 0 Å². The van der Waals surface area contributed by atoms with E-state index >= 15 is 0 Å². The summed E-state index contributed by atoms with van der Waals surface area (Å²) in [5.41, 5.74) is 0.518. The van der Waals surface area contributed by atoms with Gasteiger partial charge in [0.15, 0.2) is 0 Å². The average molecular weight is 348 g/mol. The third kappa shape index (κ3) is 5.37. The predicted molar refractivity (Wildman–Crippen MR) is 97.0 cm³/mol. The molecule has 0 spiro atoms. The molecular weight excluding hydrogens is 320 g/mol. The van der Waals surface area contributed by atoms with Crippen LogP contribution in [0, 0.1) is 0 Å². The number of nitrogens with zero attached hydrogens (tertiary/aromatic N) is 1. The highest BCUT2D eigenvalue weighted by Gasteiger charge is 2.30. The van der Waals surface area contributed by atoms with Gasteiger partial charge in [-0.1, -0.05) is 32.3 Å². The maximum absolute atomic E-state index is 12.8. The van der Waals surface area contributed by atoms with E-state index in [0.29, 0.717) is 11.4 Å². The Kier molecular flexibility index (Phi) is 7.10. The van der Waals surface area contributed by atoms with Crippen molar-refractivity contribution in [2.75, 3.05) is 12.4 Å². The standard InChI is InChI=1S/C19H28N2O4/c1-4-14(2)21(16-10-6-5-7-11-16)19(23)25-17-12-8-9-15(13-17)20-18(22)24-3/h8-9,12-14,16H,4-7,10-11H2,1-3H3,(H,20,22). The lowest BCUT2D eigenvalue weighted by molar-refractivity contribution is 0.0929. The Morgan fingerprint density at radius 2 is 2.00 bits per heavy atom. The van der Waals surface area contributed by atoms with Crippen molar-refractivity contribution in [1.29, 1.82) is 0 Å². The molecule has 138 valence electrons. The topological polar surface area (TPSA) is 67.9 Å². The molecular formula is C19H28N2O4. The number of ether oxygens (including phenoxy) is 2. The van der Waals surface area contributed by atoms with E-state index in [1.54, 1.807) is 24.3 Å². The van der Waals surface area contributed by atoms with E-state index in [1.807, 2.05) is 4.90 Å². The lowest BCUT2D eigenvalue weighted by atomic mass is 9.93. The molecule has 0 aliphatic heterocycles. The SMILES string of the molecule is CCC(C)N(C(=O)Oc1cccc(NC(=O)OC)c1)C1CCCCC1. The number of carbonyl (C=O) groups is 2. The van der Waals surface area contributed by atoms with Gasteiger partial charge in [0.25, 0.3) is 0 Å². The Labute approximate surface area is 149 Å². The highest BCUT2D eigenvalue weighted by Crippen LogP contribution is 2.27. The lowest BCUT2D eigenvalue weighted by Crippen LogP contribution is -2.48. The summed E-state index contributed by atoms with van der Waals surface area (Å²) in [4.78, 5) is 26.0. The van der Waals surface area contributed by atoms with Crippen LogP contribution < -0.4 is 10.1 Å². The van der Waals surface area contributed by atoms with Crippen LogP contribution in [0.15, 0.2) is 24.3 Å². The van der Waals surface area contributed by atoms with E-state index in [2.05, 4.69) is 23.9 Å². The van der Waals surface area contributed by atoms with Crippen molar-refractivity contribution >= 4 is 17.9 Å². The van der Waals surface area contributed by atoms with Gasteiger partial charge in [-0.05, 0) is 38.3 Å². The van der Waals surface area contributed by atoms with Crippen molar-refractivity contribution in [3.8, 4) is 5.75 Å². The van der Waals surface area contributed by atoms with Crippen molar-refractivity contribution in [2.45, 2.75) is 64.5 Å². The molecule has 1 unspecified atom stereocenters. The van der Waals surface area contributed by atoms with Crippen LogP contribution in [-0.2, 0) is 4.74 Å². The zero-order valence-electron chi connectivity index (χ0n) is 15.3. The minimum absolute atomic E-state index is 0.131. The van der Waals surface area contributed by atoms with Gasteiger partial charge in [0.1, 0.15) is 5.75 Å². The quantitative estimate of drug-likeness (QED) is 0.830. The van der Waals surface area contributed by atoms with Crippen molar-refractivity contribution in [3.63, 3.8) is 0 Å². The summed E-state index contributed by atoms with van der Waals surface area (Å²) < 4.78 is 10.2. The summed E-state index contributed by atoms with van der Waals surface area (Å²) in [5, 5.41) is 2.57. The minimum Gasteiger partial charge on any atom is -0.453 e. The molecule has 0 heterocycles. The molecule has 1 N–H and O–H groups in total. The van der Waals surface area contributed by atoms with Gasteiger partial charge < -0.3 is 14.4 Å². The summed E-state index contributed by atoms with van der Waals surface area (Å²) in [5.74, 6) is 0.406. The molecule has 0 saturated heterocycles. The van der Waals surface area contributed by atoms with E-state index in [4.69, 9.17) is 4.74 Å². The fourth-order valence-corrected chi connectivity index (χ4v) is 3.20. The van der Waals surface area contributed by atoms with Crippen molar-refractivity contribution in [2.24, 2.45) is 0 Å². The third-order valence-corrected chi connectivity index (χ3v) is 4.72. The first-order valence-electron chi connectivity index (χ1n) is 9.00. The predicted octanol–water partition coefficient (Wildman–Crippen LogP) is 4.80. The number of anilines is 1. The van der Waals surface area contributed by atoms with Gasteiger partial charge >= 0.3 is 12.2 Å². The second kappa shape index (κ2) is 9.30. The van der Waals surface area contributed by atoms with Crippen LogP contribution in [0.25, 0.3) is 0 Å². The summed E-state index contributed by atoms with van der Waals surface area (Å²) in [6.07, 6.45) is 5.61. The van der Waals surface area contributed by atoms with Gasteiger partial charge in [0, 0.05) is 23.8 Å². The highest BCUT2D eigenvalue weighted by atomic mass is 16.6. The Morgan fingerprint density at radius 3 is 2.64 bits per heavy atom. The average Bonchev–Trinajstić information content (AvgIpc) is 2.62. The van der Waals surface area contributed by atoms with Crippen molar-refractivity contribution in [3.05, 3.63) is 24.3 Å². The Bertz CT molecular complexity index is 585. The van der Waals surface area contributed by atoms with E-state index in [-0.39, 0.29) is 18.2 Å². The number of nitrogens with one attached hydrogen (secondary N) is 1. The fraction of sp³-hybridized carbons (Fsp3) is 0.579. The summed E-state index contributed by atoms with van der Waals surface area (Å²) in [6.45, 7) is 4.14. The summed E-state index contributed by atoms with van der Waals surface area (Å²) in [7, 11) is 1.30. The van der Waals surface area contributed by atoms with Crippen LogP contribution in [0.4, 0.5) is 15.3 Å². The molecule has 1 aromatic carbocycles. The second-order valence-electron chi connectivity index (χ2n) is 6.47. The Hall–Kier alpha value is -2.24. The van der Waals surface area contributed by atoms with E-state index in [0.717, 1.165) is 32.1 Å². The van der Waals surface area contributed by atoms with E-state index in [9.17, 15) is 9.59 Å². The third-order valence-electron chi connectivity index (χ3n) is 4.72. The van der Waals surface area contributed by atoms with Gasteiger partial charge in [-0.25, -0.2) is 9.59 Å². The van der Waals surface area contributed by atoms with Crippen LogP contribution in [0.3, 0.4) is 0 Å². The molecule has 1 aliphatic carbocycles. The molecule has 25 heavy (non-hydrogen) atoms. The molecule has 0 aromatic heterocycles. The van der Waals surface area contributed by atoms with Crippen molar-refractivity contribution in [1.82, 2.24) is 4.90 Å². The highest BCUT2D eigenvalue weighted by molar-refractivity contribution is 5.85. The molecule has 1 saturated carbocycles. The number of carbonyl (C=O) groups excluding carboxylic acids is 2. The first kappa shape index (κ1) is 19.1. The molecule has 1 aliphatic rings. The van der Waals surface area contributed by atoms with Crippen molar-refractivity contribution < 1.29 is 19.1 Å². The Morgan fingerprint density at radius 1 is 1.28 bits per heavy atom. The molecule has 0 radical (unpaired) electrons. The van der Waals surface area contributed by atoms with Gasteiger partial charge in [-0.2, -0.15) is 0 Å². The monoisotopic (exact) mass is 348 g/mol. The molecule has 1 fully saturated rings. The maximum atomic E-state index is 12.8. The Balaban J connectivity index is 2.09. The number of methoxy groups -OCH3 is 1. The minimum atomic E-state index is -0.563. The molecule has 2 amide bonds. The fourth-order valence-electron chi connectivity index (χ4n) is 3.20. The van der Waals surface area contributed by atoms with Gasteiger partial charge in [-0.3, -0.25) is 5.32 Å². The largest absolute Gasteiger partial charge is 0.453 e. The van der Waals surface area contributed by atoms with E-state index < -0.39 is 6.09 Å². The van der Waals surface area contributed by atoms with Crippen LogP contribution in [-0.4, -0.2) is 36.3 Å². The smallest absolute Gasteiger partial charge is 0.415 e. The zero-order chi connectivity index (χ0) is 18.2. The summed E-state index contributed by atoms with van der Waals surface area (Å²) >= 11 is 0. The first-order chi connectivity index (χ1) is 12.0. The molecule has 6 nitrogen and oxygen atoms in total. The second-order valence-corrected chi connectivity index (χ2v) is 6.47. The number of rotatable bonds is 5. The normalized spacial score (nSPS) is 16.0. The van der Waals surface area contributed by atoms with Crippen LogP contribution >= 0.6 is 0 Å². The van der Waals surface area contributed by atoms with E-state index in [1.165, 1.54) is 13.5 Å². The molecule has 1 atom stereocenters. The van der Waals surface area contributed by atoms with Crippen LogP contribution in [0.1, 0.15) is 52.4 Å². The molecule has 0 bridgehead atoms. The zero-order valence-corrected chi connectivity index (χ0v) is 15.3. The molecule has 6 heteroatoms. The number of benzene rings is 1. The molecule has 1 aromatic rings. The number of amides is 2. The summed E-state index contributed by atoms with van der Waals surface area (Å²) in [6, 6.07) is 7.13. The first-order valence-corrected chi connectivity index (χ1v) is 9.00. The van der Waals surface area contributed by atoms with Gasteiger partial charge in [0.2, 0.25) is 0 Å².